The predicted octanol–water partition coefficient (Wildman–Crippen LogP) is 5.65. The minimum absolute atomic E-state index is 0.446. The molecule has 3 aromatic rings. The third-order valence-electron chi connectivity index (χ3n) is 3.69. The van der Waals surface area contributed by atoms with Gasteiger partial charge in [0.25, 0.3) is 0 Å². The summed E-state index contributed by atoms with van der Waals surface area (Å²) < 4.78 is 0. The molecule has 1 aromatic heterocycles. The quantitative estimate of drug-likeness (QED) is 0.592. The molecule has 3 rings (SSSR count). The van der Waals surface area contributed by atoms with Crippen LogP contribution < -0.4 is 15.5 Å². The van der Waals surface area contributed by atoms with Gasteiger partial charge in [0.15, 0.2) is 0 Å². The standard InChI is InChI=1S/C19H19Cl2N5/c1-12-10-18(23-14-5-7-15(8-6-14)26(2)3)25-19(22-12)24-17-11-13(20)4-9-16(17)21/h4-11H,1-3H3,(H2,22,23,24,25). The number of hydrogen-bond acceptors (Lipinski definition) is 5. The zero-order valence-electron chi connectivity index (χ0n) is 14.7. The Balaban J connectivity index is 1.82. The van der Waals surface area contributed by atoms with Crippen LogP contribution in [0.1, 0.15) is 5.69 Å². The number of anilines is 5. The Kier molecular flexibility index (Phi) is 5.49. The molecule has 2 N–H and O–H groups in total. The second kappa shape index (κ2) is 7.81. The van der Waals surface area contributed by atoms with Gasteiger partial charge >= 0.3 is 0 Å². The number of rotatable bonds is 5. The minimum Gasteiger partial charge on any atom is -0.378 e. The molecule has 0 aliphatic rings. The topological polar surface area (TPSA) is 53.1 Å². The van der Waals surface area contributed by atoms with Gasteiger partial charge < -0.3 is 15.5 Å². The monoisotopic (exact) mass is 387 g/mol. The summed E-state index contributed by atoms with van der Waals surface area (Å²) in [5.74, 6) is 1.14. The molecule has 0 saturated heterocycles. The first-order valence-electron chi connectivity index (χ1n) is 8.03. The van der Waals surface area contributed by atoms with Crippen molar-refractivity contribution in [2.45, 2.75) is 6.92 Å². The lowest BCUT2D eigenvalue weighted by molar-refractivity contribution is 1.11. The van der Waals surface area contributed by atoms with Gasteiger partial charge in [0.2, 0.25) is 5.95 Å². The van der Waals surface area contributed by atoms with E-state index in [0.29, 0.717) is 27.5 Å². The summed E-state index contributed by atoms with van der Waals surface area (Å²) in [5, 5.41) is 7.55. The average Bonchev–Trinajstić information content (AvgIpc) is 2.58. The summed E-state index contributed by atoms with van der Waals surface area (Å²) in [5.41, 5.74) is 3.56. The molecule has 0 radical (unpaired) electrons. The Morgan fingerprint density at radius 2 is 1.62 bits per heavy atom. The summed E-state index contributed by atoms with van der Waals surface area (Å²) in [6.07, 6.45) is 0. The van der Waals surface area contributed by atoms with Crippen molar-refractivity contribution in [3.63, 3.8) is 0 Å². The highest BCUT2D eigenvalue weighted by atomic mass is 35.5. The number of halogens is 2. The van der Waals surface area contributed by atoms with Crippen LogP contribution in [-0.2, 0) is 0 Å². The molecule has 0 spiro atoms. The molecule has 0 aliphatic carbocycles. The Hall–Kier alpha value is -2.50. The van der Waals surface area contributed by atoms with Crippen LogP contribution in [0, 0.1) is 6.92 Å². The molecule has 5 nitrogen and oxygen atoms in total. The Labute approximate surface area is 163 Å². The maximum atomic E-state index is 6.20. The largest absolute Gasteiger partial charge is 0.378 e. The van der Waals surface area contributed by atoms with Gasteiger partial charge in [-0.15, -0.1) is 0 Å². The van der Waals surface area contributed by atoms with Crippen LogP contribution in [0.3, 0.4) is 0 Å². The van der Waals surface area contributed by atoms with Crippen molar-refractivity contribution in [2.24, 2.45) is 0 Å². The Morgan fingerprint density at radius 1 is 0.885 bits per heavy atom. The minimum atomic E-state index is 0.446. The van der Waals surface area contributed by atoms with E-state index in [1.807, 2.05) is 51.4 Å². The smallest absolute Gasteiger partial charge is 0.229 e. The second-order valence-corrected chi connectivity index (χ2v) is 6.88. The third-order valence-corrected chi connectivity index (χ3v) is 4.25. The van der Waals surface area contributed by atoms with Gasteiger partial charge in [0.05, 0.1) is 10.7 Å². The first-order chi connectivity index (χ1) is 12.4. The van der Waals surface area contributed by atoms with E-state index in [2.05, 4.69) is 25.5 Å². The molecular formula is C19H19Cl2N5. The van der Waals surface area contributed by atoms with E-state index in [1.165, 1.54) is 0 Å². The van der Waals surface area contributed by atoms with Crippen molar-refractivity contribution in [2.75, 3.05) is 29.6 Å². The highest BCUT2D eigenvalue weighted by molar-refractivity contribution is 6.35. The van der Waals surface area contributed by atoms with Gasteiger partial charge in [-0.05, 0) is 49.4 Å². The van der Waals surface area contributed by atoms with Crippen molar-refractivity contribution >= 4 is 52.0 Å². The summed E-state index contributed by atoms with van der Waals surface area (Å²) in [6.45, 7) is 1.91. The molecule has 0 bridgehead atoms. The molecule has 0 amide bonds. The molecular weight excluding hydrogens is 369 g/mol. The summed E-state index contributed by atoms with van der Waals surface area (Å²) in [6, 6.07) is 15.2. The summed E-state index contributed by atoms with van der Waals surface area (Å²) in [4.78, 5) is 11.0. The molecule has 7 heteroatoms. The van der Waals surface area contributed by atoms with E-state index in [1.54, 1.807) is 18.2 Å². The molecule has 1 heterocycles. The van der Waals surface area contributed by atoms with Gasteiger partial charge in [-0.25, -0.2) is 4.98 Å². The first-order valence-corrected chi connectivity index (χ1v) is 8.78. The third kappa shape index (κ3) is 4.56. The number of benzene rings is 2. The normalized spacial score (nSPS) is 10.5. The molecule has 0 saturated carbocycles. The van der Waals surface area contributed by atoms with Gasteiger partial charge in [-0.3, -0.25) is 0 Å². The maximum absolute atomic E-state index is 6.20. The SMILES string of the molecule is Cc1cc(Nc2ccc(N(C)C)cc2)nc(Nc2cc(Cl)ccc2Cl)n1. The van der Waals surface area contributed by atoms with E-state index in [-0.39, 0.29) is 0 Å². The lowest BCUT2D eigenvalue weighted by Crippen LogP contribution is -2.08. The van der Waals surface area contributed by atoms with Gasteiger partial charge in [0, 0.05) is 42.3 Å². The van der Waals surface area contributed by atoms with Crippen LogP contribution in [0.4, 0.5) is 28.8 Å². The highest BCUT2D eigenvalue weighted by Crippen LogP contribution is 2.28. The van der Waals surface area contributed by atoms with E-state index in [4.69, 9.17) is 23.2 Å². The fourth-order valence-electron chi connectivity index (χ4n) is 2.39. The van der Waals surface area contributed by atoms with Crippen molar-refractivity contribution in [1.29, 1.82) is 0 Å². The number of aryl methyl sites for hydroxylation is 1. The fraction of sp³-hybridized carbons (Fsp3) is 0.158. The van der Waals surface area contributed by atoms with E-state index >= 15 is 0 Å². The van der Waals surface area contributed by atoms with Crippen molar-refractivity contribution in [1.82, 2.24) is 9.97 Å². The van der Waals surface area contributed by atoms with Gasteiger partial charge in [-0.2, -0.15) is 4.98 Å². The maximum Gasteiger partial charge on any atom is 0.229 e. The zero-order valence-corrected chi connectivity index (χ0v) is 16.2. The Bertz CT molecular complexity index is 910. The summed E-state index contributed by atoms with van der Waals surface area (Å²) >= 11 is 12.2. The van der Waals surface area contributed by atoms with Crippen molar-refractivity contribution < 1.29 is 0 Å². The van der Waals surface area contributed by atoms with Crippen molar-refractivity contribution in [3.8, 4) is 0 Å². The van der Waals surface area contributed by atoms with Gasteiger partial charge in [-0.1, -0.05) is 23.2 Å². The second-order valence-electron chi connectivity index (χ2n) is 6.03. The number of hydrogen-bond donors (Lipinski definition) is 2. The molecule has 134 valence electrons. The lowest BCUT2D eigenvalue weighted by atomic mass is 10.2. The molecule has 2 aromatic carbocycles. The lowest BCUT2D eigenvalue weighted by Gasteiger charge is -2.14. The fourth-order valence-corrected chi connectivity index (χ4v) is 2.73. The molecule has 0 aliphatic heterocycles. The van der Waals surface area contributed by atoms with Gasteiger partial charge in [0.1, 0.15) is 5.82 Å². The van der Waals surface area contributed by atoms with Crippen LogP contribution in [0.25, 0.3) is 0 Å². The molecule has 0 unspecified atom stereocenters. The molecule has 26 heavy (non-hydrogen) atoms. The molecule has 0 fully saturated rings. The summed E-state index contributed by atoms with van der Waals surface area (Å²) in [7, 11) is 4.02. The average molecular weight is 388 g/mol. The zero-order chi connectivity index (χ0) is 18.7. The van der Waals surface area contributed by atoms with E-state index in [9.17, 15) is 0 Å². The molecule has 0 atom stereocenters. The van der Waals surface area contributed by atoms with Crippen LogP contribution in [0.5, 0.6) is 0 Å². The van der Waals surface area contributed by atoms with Crippen molar-refractivity contribution in [3.05, 3.63) is 64.3 Å². The predicted molar refractivity (Wildman–Crippen MR) is 111 cm³/mol. The van der Waals surface area contributed by atoms with Crippen LogP contribution in [-0.4, -0.2) is 24.1 Å². The highest BCUT2D eigenvalue weighted by Gasteiger charge is 2.07. The van der Waals surface area contributed by atoms with Crippen LogP contribution in [0.2, 0.25) is 10.0 Å². The van der Waals surface area contributed by atoms with Crippen LogP contribution in [0.15, 0.2) is 48.5 Å². The van der Waals surface area contributed by atoms with E-state index < -0.39 is 0 Å². The number of nitrogens with one attached hydrogen (secondary N) is 2. The number of nitrogens with zero attached hydrogens (tertiary/aromatic N) is 3. The first kappa shape index (κ1) is 18.3. The number of aromatic nitrogens is 2. The van der Waals surface area contributed by atoms with E-state index in [0.717, 1.165) is 17.1 Å². The van der Waals surface area contributed by atoms with Crippen LogP contribution >= 0.6 is 23.2 Å². The Morgan fingerprint density at radius 3 is 2.31 bits per heavy atom.